The fourth-order valence-electron chi connectivity index (χ4n) is 7.51. The maximum atomic E-state index is 12.9. The number of carbonyl (C=O) groups is 1. The smallest absolute Gasteiger partial charge is 0.311 e. The molecule has 1 aromatic carbocycles. The van der Waals surface area contributed by atoms with Gasteiger partial charge < -0.3 is 26.0 Å². The van der Waals surface area contributed by atoms with Crippen LogP contribution in [0.3, 0.4) is 0 Å². The van der Waals surface area contributed by atoms with Crippen LogP contribution in [-0.4, -0.2) is 31.7 Å². The van der Waals surface area contributed by atoms with Crippen LogP contribution in [0, 0.1) is 22.7 Å². The number of halogens is 1. The third-order valence-corrected chi connectivity index (χ3v) is 9.24. The summed E-state index contributed by atoms with van der Waals surface area (Å²) in [6.45, 7) is 10.9. The number of hydrogen-bond donors (Lipinski definition) is 0. The molecule has 4 rings (SSSR count). The van der Waals surface area contributed by atoms with Gasteiger partial charge in [-0.2, -0.15) is 0 Å². The van der Waals surface area contributed by atoms with Crippen molar-refractivity contribution in [3.63, 3.8) is 0 Å². The van der Waals surface area contributed by atoms with Crippen molar-refractivity contribution in [3.8, 4) is 0 Å². The molecule has 198 valence electrons. The fourth-order valence-corrected chi connectivity index (χ4v) is 7.51. The van der Waals surface area contributed by atoms with Crippen LogP contribution in [0.1, 0.15) is 69.3 Å². The van der Waals surface area contributed by atoms with Crippen LogP contribution in [0.5, 0.6) is 0 Å². The van der Waals surface area contributed by atoms with Gasteiger partial charge in [0.2, 0.25) is 0 Å². The molecule has 0 N–H and O–H groups in total. The van der Waals surface area contributed by atoms with E-state index in [0.717, 1.165) is 68.3 Å². The zero-order valence-corrected chi connectivity index (χ0v) is 23.6. The second kappa shape index (κ2) is 11.1. The van der Waals surface area contributed by atoms with Crippen LogP contribution < -0.4 is 12.4 Å². The summed E-state index contributed by atoms with van der Waals surface area (Å²) in [5.41, 5.74) is 3.72. The Labute approximate surface area is 224 Å². The van der Waals surface area contributed by atoms with Crippen molar-refractivity contribution >= 4 is 5.97 Å². The van der Waals surface area contributed by atoms with Crippen LogP contribution in [0.2, 0.25) is 0 Å². The molecule has 2 fully saturated rings. The first kappa shape index (κ1) is 28.5. The highest BCUT2D eigenvalue weighted by Gasteiger charge is 2.57. The molecule has 3 unspecified atom stereocenters. The number of methoxy groups -OCH3 is 1. The predicted molar refractivity (Wildman–Crippen MR) is 140 cm³/mol. The number of nitrogens with zero attached hydrogens (tertiary/aromatic N) is 1. The summed E-state index contributed by atoms with van der Waals surface area (Å²) >= 11 is 0. The number of benzene rings is 1. The van der Waals surface area contributed by atoms with Gasteiger partial charge in [0, 0.05) is 5.56 Å². The van der Waals surface area contributed by atoms with Gasteiger partial charge in [0.1, 0.15) is 13.1 Å². The van der Waals surface area contributed by atoms with E-state index < -0.39 is 0 Å². The van der Waals surface area contributed by atoms with Gasteiger partial charge in [0.15, 0.2) is 5.76 Å². The zero-order valence-electron chi connectivity index (χ0n) is 22.8. The molecule has 2 aromatic rings. The number of quaternary nitrogens is 1. The quantitative estimate of drug-likeness (QED) is 0.305. The molecule has 0 radical (unpaired) electrons. The van der Waals surface area contributed by atoms with Crippen LogP contribution in [0.25, 0.3) is 0 Å². The minimum absolute atomic E-state index is 0. The van der Waals surface area contributed by atoms with Gasteiger partial charge in [-0.05, 0) is 74.3 Å². The van der Waals surface area contributed by atoms with E-state index in [0.29, 0.717) is 11.8 Å². The van der Waals surface area contributed by atoms with Crippen molar-refractivity contribution in [3.05, 3.63) is 71.7 Å². The topological polar surface area (TPSA) is 39.4 Å². The van der Waals surface area contributed by atoms with E-state index in [1.54, 1.807) is 0 Å². The Balaban J connectivity index is 0.00000361. The number of ether oxygens (including phenoxy) is 1. The lowest BCUT2D eigenvalue weighted by Crippen LogP contribution is -3.00. The molecule has 0 amide bonds. The Morgan fingerprint density at radius 3 is 2.56 bits per heavy atom. The van der Waals surface area contributed by atoms with Gasteiger partial charge >= 0.3 is 5.97 Å². The van der Waals surface area contributed by atoms with Crippen molar-refractivity contribution in [2.24, 2.45) is 22.7 Å². The van der Waals surface area contributed by atoms with Crippen molar-refractivity contribution in [1.29, 1.82) is 0 Å². The number of carbonyl (C=O) groups excluding carboxylic acids is 1. The van der Waals surface area contributed by atoms with Crippen molar-refractivity contribution in [2.45, 2.75) is 71.9 Å². The lowest BCUT2D eigenvalue weighted by molar-refractivity contribution is -0.917. The van der Waals surface area contributed by atoms with Crippen LogP contribution >= 0.6 is 0 Å². The van der Waals surface area contributed by atoms with E-state index in [1.165, 1.54) is 23.8 Å². The van der Waals surface area contributed by atoms with Crippen molar-refractivity contribution < 1.29 is 30.8 Å². The normalized spacial score (nSPS) is 28.2. The SMILES string of the molecule is C=C1CCC2C(C)(CCC[C@]2(C)C(=O)OC)C1CCc1ccoc1C[N+](C)(C)Cc1ccccc1.[Cl-]. The van der Waals surface area contributed by atoms with Gasteiger partial charge in [-0.1, -0.05) is 55.8 Å². The van der Waals surface area contributed by atoms with Crippen LogP contribution in [0.4, 0.5) is 0 Å². The van der Waals surface area contributed by atoms with Gasteiger partial charge in [-0.25, -0.2) is 0 Å². The van der Waals surface area contributed by atoms with Crippen molar-refractivity contribution in [2.75, 3.05) is 21.2 Å². The summed E-state index contributed by atoms with van der Waals surface area (Å²) in [7, 11) is 6.07. The van der Waals surface area contributed by atoms with E-state index in [1.807, 2.05) is 6.26 Å². The monoisotopic (exact) mass is 513 g/mol. The molecule has 0 spiro atoms. The summed E-state index contributed by atoms with van der Waals surface area (Å²) in [6.07, 6.45) is 9.11. The molecular formula is C31H44ClNO3. The largest absolute Gasteiger partial charge is 1.00 e. The van der Waals surface area contributed by atoms with E-state index in [2.05, 4.69) is 70.9 Å². The second-order valence-electron chi connectivity index (χ2n) is 12.2. The molecule has 1 heterocycles. The van der Waals surface area contributed by atoms with Crippen LogP contribution in [-0.2, 0) is 29.0 Å². The molecule has 4 atom stereocenters. The summed E-state index contributed by atoms with van der Waals surface area (Å²) < 4.78 is 12.2. The molecular weight excluding hydrogens is 470 g/mol. The zero-order chi connectivity index (χ0) is 25.3. The van der Waals surface area contributed by atoms with Gasteiger partial charge in [0.05, 0.1) is 32.9 Å². The lowest BCUT2D eigenvalue weighted by atomic mass is 9.46. The molecule has 4 nitrogen and oxygen atoms in total. The first-order chi connectivity index (χ1) is 16.6. The summed E-state index contributed by atoms with van der Waals surface area (Å²) in [5, 5.41) is 0. The molecule has 0 saturated heterocycles. The highest BCUT2D eigenvalue weighted by molar-refractivity contribution is 5.77. The summed E-state index contributed by atoms with van der Waals surface area (Å²) in [6, 6.07) is 12.8. The Bertz CT molecular complexity index is 1050. The molecule has 1 aromatic heterocycles. The molecule has 0 bridgehead atoms. The molecule has 2 aliphatic carbocycles. The first-order valence-corrected chi connectivity index (χ1v) is 13.3. The third kappa shape index (κ3) is 5.60. The van der Waals surface area contributed by atoms with E-state index in [9.17, 15) is 4.79 Å². The van der Waals surface area contributed by atoms with Gasteiger partial charge in [-0.15, -0.1) is 0 Å². The number of esters is 1. The fraction of sp³-hybridized carbons (Fsp3) is 0.581. The Morgan fingerprint density at radius 2 is 1.86 bits per heavy atom. The second-order valence-corrected chi connectivity index (χ2v) is 12.2. The maximum Gasteiger partial charge on any atom is 0.311 e. The average Bonchev–Trinajstić information content (AvgIpc) is 3.24. The van der Waals surface area contributed by atoms with E-state index in [4.69, 9.17) is 9.15 Å². The number of hydrogen-bond acceptors (Lipinski definition) is 3. The maximum absolute atomic E-state index is 12.9. The Hall–Kier alpha value is -2.04. The number of allylic oxidation sites excluding steroid dienone is 1. The van der Waals surface area contributed by atoms with Gasteiger partial charge in [0.25, 0.3) is 0 Å². The summed E-state index contributed by atoms with van der Waals surface area (Å²) in [5.74, 6) is 1.82. The number of furan rings is 1. The molecule has 0 aliphatic heterocycles. The van der Waals surface area contributed by atoms with Crippen LogP contribution in [0.15, 0.2) is 59.2 Å². The molecule has 5 heteroatoms. The lowest BCUT2D eigenvalue weighted by Gasteiger charge is -2.57. The first-order valence-electron chi connectivity index (χ1n) is 13.3. The average molecular weight is 514 g/mol. The number of rotatable bonds is 8. The molecule has 2 aliphatic rings. The minimum Gasteiger partial charge on any atom is -1.00 e. The van der Waals surface area contributed by atoms with Crippen molar-refractivity contribution in [1.82, 2.24) is 0 Å². The molecule has 36 heavy (non-hydrogen) atoms. The third-order valence-electron chi connectivity index (χ3n) is 9.24. The number of aryl methyl sites for hydroxylation is 1. The Morgan fingerprint density at radius 1 is 1.14 bits per heavy atom. The number of fused-ring (bicyclic) bond motifs is 1. The minimum atomic E-state index is -0.388. The summed E-state index contributed by atoms with van der Waals surface area (Å²) in [4.78, 5) is 12.9. The highest BCUT2D eigenvalue weighted by atomic mass is 35.5. The highest BCUT2D eigenvalue weighted by Crippen LogP contribution is 2.62. The molecule has 2 saturated carbocycles. The standard InChI is InChI=1S/C31H44NO3.ClH/c1-23-13-16-28-30(2,18-10-19-31(28,3)29(33)34-6)26(23)15-14-25-17-20-35-27(25)22-32(4,5)21-24-11-8-7-9-12-24;/h7-9,11-12,17,20,26,28H,1,10,13-16,18-19,21-22H2,2-6H3;1H/q+1;/p-1/t26?,28?,30?,31-;/m0./s1. The Kier molecular flexibility index (Phi) is 8.83. The van der Waals surface area contributed by atoms with Gasteiger partial charge in [-0.3, -0.25) is 4.79 Å². The van der Waals surface area contributed by atoms with E-state index >= 15 is 0 Å². The predicted octanol–water partition coefficient (Wildman–Crippen LogP) is 3.94. The van der Waals surface area contributed by atoms with E-state index in [-0.39, 0.29) is 29.2 Å².